The molecule has 2 bridgehead atoms. The second kappa shape index (κ2) is 3.50. The minimum atomic E-state index is -1.20. The molecular formula is C8H8Cl2O5. The van der Waals surface area contributed by atoms with Crippen molar-refractivity contribution in [3.8, 4) is 0 Å². The summed E-state index contributed by atoms with van der Waals surface area (Å²) in [6.45, 7) is 0. The molecule has 0 aromatic rings. The predicted molar refractivity (Wildman–Crippen MR) is 50.2 cm³/mol. The molecule has 0 unspecified atom stereocenters. The lowest BCUT2D eigenvalue weighted by atomic mass is 9.79. The van der Waals surface area contributed by atoms with Gasteiger partial charge in [0.25, 0.3) is 0 Å². The van der Waals surface area contributed by atoms with Gasteiger partial charge in [0, 0.05) is 0 Å². The highest BCUT2D eigenvalue weighted by atomic mass is 35.5. The smallest absolute Gasteiger partial charge is 0.310 e. The van der Waals surface area contributed by atoms with E-state index in [1.807, 2.05) is 0 Å². The first kappa shape index (κ1) is 11.0. The molecule has 2 heterocycles. The molecule has 0 aliphatic carbocycles. The van der Waals surface area contributed by atoms with Gasteiger partial charge < -0.3 is 14.9 Å². The number of halogens is 2. The number of carboxylic acid groups (broad SMARTS) is 2. The van der Waals surface area contributed by atoms with Crippen LogP contribution >= 0.6 is 23.2 Å². The topological polar surface area (TPSA) is 83.8 Å². The van der Waals surface area contributed by atoms with E-state index in [-0.39, 0.29) is 0 Å². The Kier molecular flexibility index (Phi) is 2.56. The highest BCUT2D eigenvalue weighted by Crippen LogP contribution is 2.48. The summed E-state index contributed by atoms with van der Waals surface area (Å²) in [7, 11) is 0. The van der Waals surface area contributed by atoms with Crippen LogP contribution in [0.1, 0.15) is 0 Å². The number of ether oxygens (including phenoxy) is 1. The quantitative estimate of drug-likeness (QED) is 0.697. The van der Waals surface area contributed by atoms with Crippen LogP contribution in [0.15, 0.2) is 0 Å². The maximum atomic E-state index is 10.9. The first-order valence-corrected chi connectivity index (χ1v) is 5.21. The summed E-state index contributed by atoms with van der Waals surface area (Å²) >= 11 is 11.7. The molecule has 2 saturated heterocycles. The largest absolute Gasteiger partial charge is 0.481 e. The van der Waals surface area contributed by atoms with Gasteiger partial charge in [-0.2, -0.15) is 0 Å². The van der Waals surface area contributed by atoms with Crippen molar-refractivity contribution in [3.63, 3.8) is 0 Å². The van der Waals surface area contributed by atoms with Gasteiger partial charge in [0.05, 0.1) is 23.0 Å². The van der Waals surface area contributed by atoms with E-state index >= 15 is 0 Å². The highest BCUT2D eigenvalue weighted by Gasteiger charge is 2.63. The molecule has 5 nitrogen and oxygen atoms in total. The van der Waals surface area contributed by atoms with Crippen LogP contribution in [0.4, 0.5) is 0 Å². The summed E-state index contributed by atoms with van der Waals surface area (Å²) in [5.41, 5.74) is 0. The summed E-state index contributed by atoms with van der Waals surface area (Å²) in [5.74, 6) is -4.62. The molecule has 2 N–H and O–H groups in total. The Hall–Kier alpha value is -0.520. The number of hydrogen-bond donors (Lipinski definition) is 2. The Balaban J connectivity index is 2.32. The van der Waals surface area contributed by atoms with Crippen LogP contribution in [0.2, 0.25) is 0 Å². The SMILES string of the molecule is O=C(O)[C@@H]1[C@H]2O[C@H]([C@H](Cl)[C@@H]2Cl)[C@@H]1C(=O)O. The van der Waals surface area contributed by atoms with Gasteiger partial charge in [-0.05, 0) is 0 Å². The van der Waals surface area contributed by atoms with Crippen molar-refractivity contribution in [1.82, 2.24) is 0 Å². The van der Waals surface area contributed by atoms with Gasteiger partial charge >= 0.3 is 11.9 Å². The van der Waals surface area contributed by atoms with E-state index in [1.54, 1.807) is 0 Å². The molecule has 2 rings (SSSR count). The number of aliphatic carboxylic acids is 2. The number of fused-ring (bicyclic) bond motifs is 2. The van der Waals surface area contributed by atoms with E-state index in [1.165, 1.54) is 0 Å². The third-order valence-corrected chi connectivity index (χ3v) is 4.08. The maximum Gasteiger partial charge on any atom is 0.310 e. The second-order valence-corrected chi connectivity index (χ2v) is 4.69. The molecular weight excluding hydrogens is 247 g/mol. The molecule has 84 valence electrons. The summed E-state index contributed by atoms with van der Waals surface area (Å²) in [6, 6.07) is 0. The molecule has 15 heavy (non-hydrogen) atoms. The molecule has 0 amide bonds. The standard InChI is InChI=1S/C8H8Cl2O5/c9-3-4(10)6-2(8(13)14)1(7(11)12)5(3)15-6/h1-6H,(H,11,12)(H,13,14)/t1-,2+,3-,4+,5+,6-. The second-order valence-electron chi connectivity index (χ2n) is 3.68. The number of hydrogen-bond acceptors (Lipinski definition) is 3. The Morgan fingerprint density at radius 1 is 0.933 bits per heavy atom. The molecule has 7 heteroatoms. The third kappa shape index (κ3) is 1.41. The molecule has 0 aromatic carbocycles. The highest BCUT2D eigenvalue weighted by molar-refractivity contribution is 6.31. The van der Waals surface area contributed by atoms with E-state index in [0.717, 1.165) is 0 Å². The van der Waals surface area contributed by atoms with Gasteiger partial charge in [0.2, 0.25) is 0 Å². The van der Waals surface area contributed by atoms with Crippen molar-refractivity contribution in [1.29, 1.82) is 0 Å². The minimum absolute atomic E-state index is 0.645. The molecule has 0 spiro atoms. The van der Waals surface area contributed by atoms with Crippen molar-refractivity contribution in [2.24, 2.45) is 11.8 Å². The van der Waals surface area contributed by atoms with Crippen LogP contribution in [0.25, 0.3) is 0 Å². The van der Waals surface area contributed by atoms with E-state index < -0.39 is 46.7 Å². The molecule has 0 saturated carbocycles. The zero-order valence-corrected chi connectivity index (χ0v) is 8.85. The molecule has 6 atom stereocenters. The zero-order valence-electron chi connectivity index (χ0n) is 7.34. The van der Waals surface area contributed by atoms with Crippen molar-refractivity contribution < 1.29 is 24.5 Å². The molecule has 2 fully saturated rings. The maximum absolute atomic E-state index is 10.9. The van der Waals surface area contributed by atoms with Gasteiger partial charge in [-0.25, -0.2) is 0 Å². The van der Waals surface area contributed by atoms with Crippen LogP contribution in [0.5, 0.6) is 0 Å². The molecule has 0 aromatic heterocycles. The average molecular weight is 255 g/mol. The lowest BCUT2D eigenvalue weighted by Gasteiger charge is -2.27. The number of carbonyl (C=O) groups is 2. The third-order valence-electron chi connectivity index (χ3n) is 2.91. The van der Waals surface area contributed by atoms with Gasteiger partial charge in [-0.1, -0.05) is 0 Å². The van der Waals surface area contributed by atoms with Crippen LogP contribution in [0.3, 0.4) is 0 Å². The van der Waals surface area contributed by atoms with Crippen molar-refractivity contribution in [3.05, 3.63) is 0 Å². The number of carboxylic acids is 2. The molecule has 2 aliphatic rings. The first-order valence-electron chi connectivity index (χ1n) is 4.34. The van der Waals surface area contributed by atoms with Crippen molar-refractivity contribution in [2.75, 3.05) is 0 Å². The van der Waals surface area contributed by atoms with Gasteiger partial charge in [0.15, 0.2) is 0 Å². The Bertz CT molecular complexity index is 290. The zero-order chi connectivity index (χ0) is 11.3. The number of rotatable bonds is 2. The van der Waals surface area contributed by atoms with E-state index in [2.05, 4.69) is 0 Å². The van der Waals surface area contributed by atoms with Crippen LogP contribution < -0.4 is 0 Å². The Labute approximate surface area is 94.9 Å². The summed E-state index contributed by atoms with van der Waals surface area (Å²) in [4.78, 5) is 21.8. The Morgan fingerprint density at radius 3 is 1.53 bits per heavy atom. The average Bonchev–Trinajstić information content (AvgIpc) is 2.64. The summed E-state index contributed by atoms with van der Waals surface area (Å²) in [5, 5.41) is 16.5. The fraction of sp³-hybridized carbons (Fsp3) is 0.750. The normalized spacial score (nSPS) is 48.1. The fourth-order valence-corrected chi connectivity index (χ4v) is 2.98. The monoisotopic (exact) mass is 254 g/mol. The van der Waals surface area contributed by atoms with Gasteiger partial charge in [-0.3, -0.25) is 9.59 Å². The van der Waals surface area contributed by atoms with Crippen molar-refractivity contribution in [2.45, 2.75) is 23.0 Å². The van der Waals surface area contributed by atoms with E-state index in [0.29, 0.717) is 0 Å². The van der Waals surface area contributed by atoms with Gasteiger partial charge in [-0.15, -0.1) is 23.2 Å². The van der Waals surface area contributed by atoms with Gasteiger partial charge in [0.1, 0.15) is 11.8 Å². The molecule has 0 radical (unpaired) electrons. The molecule has 2 aliphatic heterocycles. The minimum Gasteiger partial charge on any atom is -0.481 e. The lowest BCUT2D eigenvalue weighted by Crippen LogP contribution is -2.47. The summed E-state index contributed by atoms with van der Waals surface area (Å²) < 4.78 is 5.22. The van der Waals surface area contributed by atoms with E-state index in [9.17, 15) is 9.59 Å². The van der Waals surface area contributed by atoms with Crippen LogP contribution in [-0.2, 0) is 14.3 Å². The van der Waals surface area contributed by atoms with E-state index in [4.69, 9.17) is 38.2 Å². The summed E-state index contributed by atoms with van der Waals surface area (Å²) in [6.07, 6.45) is -1.62. The van der Waals surface area contributed by atoms with Crippen LogP contribution in [0, 0.1) is 11.8 Å². The first-order chi connectivity index (χ1) is 6.95. The van der Waals surface area contributed by atoms with Crippen molar-refractivity contribution >= 4 is 35.1 Å². The Morgan fingerprint density at radius 2 is 1.27 bits per heavy atom. The van der Waals surface area contributed by atoms with Crippen LogP contribution in [-0.4, -0.2) is 45.1 Å². The predicted octanol–water partition coefficient (Wildman–Crippen LogP) is 0.384. The lowest BCUT2D eigenvalue weighted by molar-refractivity contribution is -0.153. The fourth-order valence-electron chi connectivity index (χ4n) is 2.26. The number of alkyl halides is 2.